The standard InChI is InChI=1S/C24H26N2O/c1-20(23-15-9-4-10-16-23)25-24(27)19-26(17-21-11-5-2-6-12-21)18-22-13-7-3-8-14-22/h2-16,20H,17-19H2,1H3,(H,25,27)/p+1/t20-/m0/s1. The summed E-state index contributed by atoms with van der Waals surface area (Å²) in [7, 11) is 0. The van der Waals surface area contributed by atoms with Crippen molar-refractivity contribution < 1.29 is 9.69 Å². The Labute approximate surface area is 161 Å². The van der Waals surface area contributed by atoms with Crippen LogP contribution in [0.5, 0.6) is 0 Å². The molecule has 0 heterocycles. The number of carbonyl (C=O) groups is 1. The van der Waals surface area contributed by atoms with Crippen LogP contribution in [0.15, 0.2) is 91.0 Å². The van der Waals surface area contributed by atoms with Crippen LogP contribution < -0.4 is 10.2 Å². The first-order valence-electron chi connectivity index (χ1n) is 9.46. The maximum atomic E-state index is 12.7. The Bertz CT molecular complexity index is 777. The molecule has 3 rings (SSSR count). The second-order valence-corrected chi connectivity index (χ2v) is 6.95. The Kier molecular flexibility index (Phi) is 6.78. The molecule has 0 saturated carbocycles. The third kappa shape index (κ3) is 6.08. The van der Waals surface area contributed by atoms with Gasteiger partial charge in [0.2, 0.25) is 0 Å². The van der Waals surface area contributed by atoms with E-state index in [-0.39, 0.29) is 11.9 Å². The van der Waals surface area contributed by atoms with Crippen molar-refractivity contribution >= 4 is 5.91 Å². The van der Waals surface area contributed by atoms with Gasteiger partial charge in [-0.1, -0.05) is 91.0 Å². The highest BCUT2D eigenvalue weighted by atomic mass is 16.2. The fraction of sp³-hybridized carbons (Fsp3) is 0.208. The molecule has 3 aromatic carbocycles. The Hall–Kier alpha value is -2.91. The van der Waals surface area contributed by atoms with Crippen LogP contribution in [0.4, 0.5) is 0 Å². The third-order valence-electron chi connectivity index (χ3n) is 4.68. The average Bonchev–Trinajstić information content (AvgIpc) is 2.70. The van der Waals surface area contributed by atoms with E-state index in [1.54, 1.807) is 0 Å². The quantitative estimate of drug-likeness (QED) is 0.636. The van der Waals surface area contributed by atoms with Gasteiger partial charge in [0.15, 0.2) is 6.54 Å². The van der Waals surface area contributed by atoms with Gasteiger partial charge in [0, 0.05) is 11.1 Å². The highest BCUT2D eigenvalue weighted by Gasteiger charge is 2.17. The SMILES string of the molecule is C[C@H](NC(=O)C[NH+](Cc1ccccc1)Cc1ccccc1)c1ccccc1. The smallest absolute Gasteiger partial charge is 0.275 e. The van der Waals surface area contributed by atoms with Gasteiger partial charge in [-0.2, -0.15) is 0 Å². The molecule has 0 saturated heterocycles. The molecule has 0 aliphatic heterocycles. The largest absolute Gasteiger partial charge is 0.345 e. The van der Waals surface area contributed by atoms with Crippen LogP contribution >= 0.6 is 0 Å². The minimum atomic E-state index is 0.00778. The predicted molar refractivity (Wildman–Crippen MR) is 109 cm³/mol. The third-order valence-corrected chi connectivity index (χ3v) is 4.68. The van der Waals surface area contributed by atoms with Crippen molar-refractivity contribution in [2.75, 3.05) is 6.54 Å². The number of quaternary nitrogens is 1. The van der Waals surface area contributed by atoms with Gasteiger partial charge >= 0.3 is 0 Å². The molecular formula is C24H27N2O+. The van der Waals surface area contributed by atoms with Gasteiger partial charge in [0.05, 0.1) is 6.04 Å². The van der Waals surface area contributed by atoms with Gasteiger partial charge < -0.3 is 10.2 Å². The molecule has 2 N–H and O–H groups in total. The summed E-state index contributed by atoms with van der Waals surface area (Å²) in [6.07, 6.45) is 0. The van der Waals surface area contributed by atoms with Gasteiger partial charge in [-0.05, 0) is 12.5 Å². The summed E-state index contributed by atoms with van der Waals surface area (Å²) in [6.45, 7) is 4.12. The van der Waals surface area contributed by atoms with Crippen LogP contribution in [0.1, 0.15) is 29.7 Å². The summed E-state index contributed by atoms with van der Waals surface area (Å²) >= 11 is 0. The molecule has 138 valence electrons. The van der Waals surface area contributed by atoms with Crippen molar-refractivity contribution in [1.29, 1.82) is 0 Å². The van der Waals surface area contributed by atoms with Crippen molar-refractivity contribution in [1.82, 2.24) is 5.32 Å². The fourth-order valence-corrected chi connectivity index (χ4v) is 3.30. The molecule has 27 heavy (non-hydrogen) atoms. The molecule has 0 radical (unpaired) electrons. The van der Waals surface area contributed by atoms with Crippen molar-refractivity contribution in [3.63, 3.8) is 0 Å². The second kappa shape index (κ2) is 9.70. The van der Waals surface area contributed by atoms with E-state index in [0.717, 1.165) is 18.7 Å². The number of rotatable bonds is 8. The summed E-state index contributed by atoms with van der Waals surface area (Å²) in [5.41, 5.74) is 3.61. The Morgan fingerprint density at radius 3 is 1.70 bits per heavy atom. The van der Waals surface area contributed by atoms with Gasteiger partial charge in [-0.3, -0.25) is 4.79 Å². The number of benzene rings is 3. The van der Waals surface area contributed by atoms with E-state index in [1.165, 1.54) is 16.0 Å². The van der Waals surface area contributed by atoms with Crippen molar-refractivity contribution in [3.05, 3.63) is 108 Å². The maximum Gasteiger partial charge on any atom is 0.275 e. The Morgan fingerprint density at radius 1 is 0.778 bits per heavy atom. The second-order valence-electron chi connectivity index (χ2n) is 6.95. The lowest BCUT2D eigenvalue weighted by Crippen LogP contribution is -3.10. The zero-order valence-corrected chi connectivity index (χ0v) is 15.8. The van der Waals surface area contributed by atoms with Gasteiger partial charge in [-0.15, -0.1) is 0 Å². The minimum absolute atomic E-state index is 0.00778. The Morgan fingerprint density at radius 2 is 1.22 bits per heavy atom. The van der Waals surface area contributed by atoms with Gasteiger partial charge in [0.1, 0.15) is 13.1 Å². The number of hydrogen-bond acceptors (Lipinski definition) is 1. The molecule has 0 aliphatic rings. The normalized spacial score (nSPS) is 11.9. The van der Waals surface area contributed by atoms with Crippen LogP contribution in [0.2, 0.25) is 0 Å². The summed E-state index contributed by atoms with van der Waals surface area (Å²) in [4.78, 5) is 13.9. The lowest BCUT2D eigenvalue weighted by Gasteiger charge is -2.21. The van der Waals surface area contributed by atoms with E-state index in [1.807, 2.05) is 73.7 Å². The number of carbonyl (C=O) groups excluding carboxylic acids is 1. The molecular weight excluding hydrogens is 332 g/mol. The first kappa shape index (κ1) is 18.9. The topological polar surface area (TPSA) is 33.5 Å². The zero-order chi connectivity index (χ0) is 18.9. The molecule has 0 aliphatic carbocycles. The maximum absolute atomic E-state index is 12.7. The van der Waals surface area contributed by atoms with Crippen molar-refractivity contribution in [2.24, 2.45) is 0 Å². The van der Waals surface area contributed by atoms with E-state index in [2.05, 4.69) is 29.6 Å². The lowest BCUT2D eigenvalue weighted by atomic mass is 10.1. The monoisotopic (exact) mass is 359 g/mol. The van der Waals surface area contributed by atoms with Crippen molar-refractivity contribution in [3.8, 4) is 0 Å². The van der Waals surface area contributed by atoms with E-state index in [4.69, 9.17) is 0 Å². The highest BCUT2D eigenvalue weighted by molar-refractivity contribution is 5.77. The van der Waals surface area contributed by atoms with E-state index in [0.29, 0.717) is 6.54 Å². The molecule has 3 nitrogen and oxygen atoms in total. The number of nitrogens with one attached hydrogen (secondary N) is 2. The molecule has 0 aromatic heterocycles. The summed E-state index contributed by atoms with van der Waals surface area (Å²) in [6, 6.07) is 30.8. The molecule has 1 atom stereocenters. The predicted octanol–water partition coefficient (Wildman–Crippen LogP) is 3.15. The first-order chi connectivity index (χ1) is 13.2. The van der Waals surface area contributed by atoms with Gasteiger partial charge in [0.25, 0.3) is 5.91 Å². The number of amides is 1. The fourth-order valence-electron chi connectivity index (χ4n) is 3.30. The minimum Gasteiger partial charge on any atom is -0.345 e. The van der Waals surface area contributed by atoms with Crippen molar-refractivity contribution in [2.45, 2.75) is 26.1 Å². The first-order valence-corrected chi connectivity index (χ1v) is 9.46. The molecule has 0 bridgehead atoms. The average molecular weight is 359 g/mol. The summed E-state index contributed by atoms with van der Waals surface area (Å²) < 4.78 is 0. The molecule has 3 aromatic rings. The molecule has 1 amide bonds. The Balaban J connectivity index is 1.65. The van der Waals surface area contributed by atoms with Crippen LogP contribution in [0.25, 0.3) is 0 Å². The molecule has 3 heteroatoms. The van der Waals surface area contributed by atoms with E-state index < -0.39 is 0 Å². The lowest BCUT2D eigenvalue weighted by molar-refractivity contribution is -0.919. The molecule has 0 unspecified atom stereocenters. The van der Waals surface area contributed by atoms with Crippen LogP contribution in [-0.2, 0) is 17.9 Å². The van der Waals surface area contributed by atoms with Crippen LogP contribution in [0, 0.1) is 0 Å². The van der Waals surface area contributed by atoms with Gasteiger partial charge in [-0.25, -0.2) is 0 Å². The molecule has 0 fully saturated rings. The summed E-state index contributed by atoms with van der Waals surface area (Å²) in [5.74, 6) is 0.0771. The number of hydrogen-bond donors (Lipinski definition) is 2. The highest BCUT2D eigenvalue weighted by Crippen LogP contribution is 2.10. The zero-order valence-electron chi connectivity index (χ0n) is 15.8. The van der Waals surface area contributed by atoms with E-state index in [9.17, 15) is 4.79 Å². The van der Waals surface area contributed by atoms with E-state index >= 15 is 0 Å². The summed E-state index contributed by atoms with van der Waals surface area (Å²) in [5, 5.41) is 3.14. The van der Waals surface area contributed by atoms with Crippen LogP contribution in [-0.4, -0.2) is 12.5 Å². The molecule has 0 spiro atoms. The van der Waals surface area contributed by atoms with Crippen LogP contribution in [0.3, 0.4) is 0 Å².